The first kappa shape index (κ1) is 14.1. The van der Waals surface area contributed by atoms with Crippen LogP contribution in [0, 0.1) is 0 Å². The first-order valence-electron chi connectivity index (χ1n) is 7.27. The number of aromatic amines is 1. The second kappa shape index (κ2) is 6.19. The molecule has 2 rings (SSSR count). The number of hydrogen-bond acceptors (Lipinski definition) is 4. The molecule has 0 aromatic carbocycles. The Morgan fingerprint density at radius 1 is 1.47 bits per heavy atom. The SMILES string of the molecule is CCC(CC)N(CCN)c1cc(=O)[nH]c(C2CC2)n1. The Hall–Kier alpha value is -1.36. The summed E-state index contributed by atoms with van der Waals surface area (Å²) >= 11 is 0. The fourth-order valence-electron chi connectivity index (χ4n) is 2.51. The summed E-state index contributed by atoms with van der Waals surface area (Å²) in [5.41, 5.74) is 5.65. The zero-order valence-electron chi connectivity index (χ0n) is 11.9. The van der Waals surface area contributed by atoms with Crippen molar-refractivity contribution in [1.82, 2.24) is 9.97 Å². The van der Waals surface area contributed by atoms with Crippen molar-refractivity contribution in [2.75, 3.05) is 18.0 Å². The molecule has 1 saturated carbocycles. The Bertz CT molecular complexity index is 463. The molecule has 3 N–H and O–H groups in total. The van der Waals surface area contributed by atoms with E-state index in [9.17, 15) is 4.79 Å². The molecule has 0 unspecified atom stereocenters. The normalized spacial score (nSPS) is 14.9. The van der Waals surface area contributed by atoms with Crippen molar-refractivity contribution in [1.29, 1.82) is 0 Å². The molecule has 1 aromatic rings. The van der Waals surface area contributed by atoms with Crippen molar-refractivity contribution in [3.05, 3.63) is 22.2 Å². The largest absolute Gasteiger partial charge is 0.352 e. The predicted octanol–water partition coefficient (Wildman–Crippen LogP) is 1.60. The zero-order chi connectivity index (χ0) is 13.8. The van der Waals surface area contributed by atoms with E-state index in [1.54, 1.807) is 6.07 Å². The van der Waals surface area contributed by atoms with Crippen LogP contribution in [0.3, 0.4) is 0 Å². The van der Waals surface area contributed by atoms with E-state index in [0.717, 1.165) is 43.9 Å². The average Bonchev–Trinajstić information content (AvgIpc) is 3.22. The first-order valence-corrected chi connectivity index (χ1v) is 7.27. The molecule has 5 nitrogen and oxygen atoms in total. The summed E-state index contributed by atoms with van der Waals surface area (Å²) in [5, 5.41) is 0. The minimum atomic E-state index is -0.0557. The first-order chi connectivity index (χ1) is 9.19. The van der Waals surface area contributed by atoms with Gasteiger partial charge in [-0.3, -0.25) is 4.79 Å². The number of anilines is 1. The van der Waals surface area contributed by atoms with Crippen LogP contribution in [0.2, 0.25) is 0 Å². The average molecular weight is 264 g/mol. The zero-order valence-corrected chi connectivity index (χ0v) is 11.9. The van der Waals surface area contributed by atoms with E-state index in [2.05, 4.69) is 28.7 Å². The standard InChI is InChI=1S/C14H24N4O/c1-3-11(4-2)18(8-7-15)12-9-13(19)17-14(16-12)10-5-6-10/h9-11H,3-8,15H2,1-2H3,(H,16,17,19). The summed E-state index contributed by atoms with van der Waals surface area (Å²) in [6.07, 6.45) is 4.33. The third kappa shape index (κ3) is 3.35. The molecule has 0 saturated heterocycles. The molecule has 0 amide bonds. The quantitative estimate of drug-likeness (QED) is 0.784. The molecular weight excluding hydrogens is 240 g/mol. The molecule has 19 heavy (non-hydrogen) atoms. The number of H-pyrrole nitrogens is 1. The number of nitrogens with two attached hydrogens (primary N) is 1. The summed E-state index contributed by atoms with van der Waals surface area (Å²) < 4.78 is 0. The lowest BCUT2D eigenvalue weighted by Gasteiger charge is -2.31. The van der Waals surface area contributed by atoms with Crippen LogP contribution in [0.4, 0.5) is 5.82 Å². The number of rotatable bonds is 7. The molecule has 0 radical (unpaired) electrons. The van der Waals surface area contributed by atoms with E-state index in [0.29, 0.717) is 18.5 Å². The molecule has 1 heterocycles. The molecule has 0 atom stereocenters. The van der Waals surface area contributed by atoms with Gasteiger partial charge >= 0.3 is 0 Å². The molecule has 106 valence electrons. The van der Waals surface area contributed by atoms with Crippen molar-refractivity contribution in [3.63, 3.8) is 0 Å². The molecule has 1 aliphatic carbocycles. The highest BCUT2D eigenvalue weighted by atomic mass is 16.1. The summed E-state index contributed by atoms with van der Waals surface area (Å²) in [6.45, 7) is 5.63. The molecule has 0 bridgehead atoms. The number of hydrogen-bond donors (Lipinski definition) is 2. The minimum absolute atomic E-state index is 0.0557. The fourth-order valence-corrected chi connectivity index (χ4v) is 2.51. The summed E-state index contributed by atoms with van der Waals surface area (Å²) in [4.78, 5) is 21.5. The molecule has 0 aliphatic heterocycles. The van der Waals surface area contributed by atoms with Crippen LogP contribution in [-0.2, 0) is 0 Å². The topological polar surface area (TPSA) is 75.0 Å². The van der Waals surface area contributed by atoms with Crippen LogP contribution >= 0.6 is 0 Å². The molecule has 1 fully saturated rings. The Morgan fingerprint density at radius 3 is 2.68 bits per heavy atom. The van der Waals surface area contributed by atoms with Gasteiger partial charge in [-0.25, -0.2) is 4.98 Å². The number of nitrogens with zero attached hydrogens (tertiary/aromatic N) is 2. The monoisotopic (exact) mass is 264 g/mol. The smallest absolute Gasteiger partial charge is 0.252 e. The Morgan fingerprint density at radius 2 is 2.16 bits per heavy atom. The van der Waals surface area contributed by atoms with Crippen molar-refractivity contribution >= 4 is 5.82 Å². The van der Waals surface area contributed by atoms with Gasteiger partial charge in [0.1, 0.15) is 11.6 Å². The maximum absolute atomic E-state index is 11.8. The minimum Gasteiger partial charge on any atom is -0.352 e. The van der Waals surface area contributed by atoms with Gasteiger partial charge in [0.05, 0.1) is 0 Å². The Kier molecular flexibility index (Phi) is 4.58. The van der Waals surface area contributed by atoms with Gasteiger partial charge in [0.2, 0.25) is 0 Å². The fraction of sp³-hybridized carbons (Fsp3) is 0.714. The van der Waals surface area contributed by atoms with Gasteiger partial charge in [0.25, 0.3) is 5.56 Å². The van der Waals surface area contributed by atoms with Crippen LogP contribution in [-0.4, -0.2) is 29.1 Å². The summed E-state index contributed by atoms with van der Waals surface area (Å²) in [7, 11) is 0. The Balaban J connectivity index is 2.31. The number of aromatic nitrogens is 2. The van der Waals surface area contributed by atoms with Gasteiger partial charge in [-0.15, -0.1) is 0 Å². The van der Waals surface area contributed by atoms with E-state index in [1.165, 1.54) is 0 Å². The highest BCUT2D eigenvalue weighted by Crippen LogP contribution is 2.38. The van der Waals surface area contributed by atoms with Crippen LogP contribution in [0.1, 0.15) is 51.3 Å². The lowest BCUT2D eigenvalue weighted by atomic mass is 10.1. The van der Waals surface area contributed by atoms with Crippen LogP contribution in [0.15, 0.2) is 10.9 Å². The predicted molar refractivity (Wildman–Crippen MR) is 77.6 cm³/mol. The third-order valence-electron chi connectivity index (χ3n) is 3.76. The molecule has 5 heteroatoms. The maximum Gasteiger partial charge on any atom is 0.252 e. The second-order valence-electron chi connectivity index (χ2n) is 5.22. The van der Waals surface area contributed by atoms with Gasteiger partial charge in [-0.1, -0.05) is 13.8 Å². The van der Waals surface area contributed by atoms with E-state index in [4.69, 9.17) is 5.73 Å². The van der Waals surface area contributed by atoms with Crippen LogP contribution in [0.5, 0.6) is 0 Å². The van der Waals surface area contributed by atoms with E-state index >= 15 is 0 Å². The van der Waals surface area contributed by atoms with Gasteiger partial charge < -0.3 is 15.6 Å². The van der Waals surface area contributed by atoms with Gasteiger partial charge in [0, 0.05) is 31.1 Å². The van der Waals surface area contributed by atoms with Gasteiger partial charge in [0.15, 0.2) is 0 Å². The van der Waals surface area contributed by atoms with Crippen molar-refractivity contribution in [2.45, 2.75) is 51.5 Å². The lowest BCUT2D eigenvalue weighted by molar-refractivity contribution is 0.552. The third-order valence-corrected chi connectivity index (χ3v) is 3.76. The second-order valence-corrected chi connectivity index (χ2v) is 5.22. The molecular formula is C14H24N4O. The van der Waals surface area contributed by atoms with Crippen molar-refractivity contribution in [2.24, 2.45) is 5.73 Å². The maximum atomic E-state index is 11.8. The molecule has 1 aliphatic rings. The van der Waals surface area contributed by atoms with Crippen molar-refractivity contribution < 1.29 is 0 Å². The van der Waals surface area contributed by atoms with E-state index < -0.39 is 0 Å². The van der Waals surface area contributed by atoms with Gasteiger partial charge in [-0.05, 0) is 25.7 Å². The number of nitrogens with one attached hydrogen (secondary N) is 1. The summed E-state index contributed by atoms with van der Waals surface area (Å²) in [6, 6.07) is 1.99. The highest BCUT2D eigenvalue weighted by Gasteiger charge is 2.27. The van der Waals surface area contributed by atoms with Crippen LogP contribution < -0.4 is 16.2 Å². The highest BCUT2D eigenvalue weighted by molar-refractivity contribution is 5.39. The molecule has 0 spiro atoms. The van der Waals surface area contributed by atoms with Crippen LogP contribution in [0.25, 0.3) is 0 Å². The lowest BCUT2D eigenvalue weighted by Crippen LogP contribution is -2.39. The Labute approximate surface area is 114 Å². The van der Waals surface area contributed by atoms with Gasteiger partial charge in [-0.2, -0.15) is 0 Å². The summed E-state index contributed by atoms with van der Waals surface area (Å²) in [5.74, 6) is 2.08. The van der Waals surface area contributed by atoms with E-state index in [-0.39, 0.29) is 5.56 Å². The van der Waals surface area contributed by atoms with Crippen molar-refractivity contribution in [3.8, 4) is 0 Å². The molecule has 1 aromatic heterocycles. The van der Waals surface area contributed by atoms with E-state index in [1.807, 2.05) is 0 Å².